The van der Waals surface area contributed by atoms with Gasteiger partial charge in [-0.05, 0) is 36.5 Å². The molecule has 2 saturated carbocycles. The Morgan fingerprint density at radius 1 is 1.27 bits per heavy atom. The van der Waals surface area contributed by atoms with Crippen molar-refractivity contribution in [2.75, 3.05) is 13.2 Å². The van der Waals surface area contributed by atoms with Crippen molar-refractivity contribution in [3.8, 4) is 0 Å². The van der Waals surface area contributed by atoms with E-state index >= 15 is 0 Å². The lowest BCUT2D eigenvalue weighted by molar-refractivity contribution is -0.275. The van der Waals surface area contributed by atoms with Gasteiger partial charge in [-0.25, -0.2) is 0 Å². The second-order valence-corrected chi connectivity index (χ2v) is 7.35. The summed E-state index contributed by atoms with van der Waals surface area (Å²) in [5.74, 6) is -0.932. The van der Waals surface area contributed by atoms with E-state index in [1.165, 1.54) is 12.1 Å². The lowest BCUT2D eigenvalue weighted by Crippen LogP contribution is -2.54. The van der Waals surface area contributed by atoms with Crippen molar-refractivity contribution in [2.45, 2.75) is 37.3 Å². The van der Waals surface area contributed by atoms with E-state index in [1.807, 2.05) is 0 Å². The minimum Gasteiger partial charge on any atom is -0.512 e. The van der Waals surface area contributed by atoms with Crippen LogP contribution in [-0.4, -0.2) is 35.3 Å². The lowest BCUT2D eigenvalue weighted by atomic mass is 9.69. The Labute approximate surface area is 149 Å². The van der Waals surface area contributed by atoms with Crippen LogP contribution in [0, 0.1) is 17.8 Å². The lowest BCUT2D eigenvalue weighted by Gasteiger charge is -2.48. The number of ether oxygens (including phenoxy) is 2. The predicted octanol–water partition coefficient (Wildman–Crippen LogP) is 3.45. The molecule has 0 radical (unpaired) electrons. The van der Waals surface area contributed by atoms with Crippen LogP contribution < -0.4 is 0 Å². The number of fused-ring (bicyclic) bond motifs is 2. The van der Waals surface area contributed by atoms with Gasteiger partial charge in [0.05, 0.1) is 30.6 Å². The van der Waals surface area contributed by atoms with Crippen LogP contribution in [0.5, 0.6) is 0 Å². The molecule has 1 aliphatic heterocycles. The van der Waals surface area contributed by atoms with Crippen molar-refractivity contribution in [1.29, 1.82) is 0 Å². The van der Waals surface area contributed by atoms with Crippen molar-refractivity contribution in [3.63, 3.8) is 0 Å². The maximum atomic E-state index is 12.8. The second-order valence-electron chi connectivity index (χ2n) is 7.35. The highest BCUT2D eigenvalue weighted by Gasteiger charge is 2.65. The van der Waals surface area contributed by atoms with Gasteiger partial charge >= 0.3 is 6.18 Å². The Morgan fingerprint density at radius 3 is 2.69 bits per heavy atom. The minimum atomic E-state index is -4.39. The molecule has 142 valence electrons. The van der Waals surface area contributed by atoms with E-state index in [0.29, 0.717) is 31.6 Å². The highest BCUT2D eigenvalue weighted by Crippen LogP contribution is 2.60. The second kappa shape index (κ2) is 6.25. The third kappa shape index (κ3) is 2.92. The molecule has 1 unspecified atom stereocenters. The molecule has 1 heterocycles. The van der Waals surface area contributed by atoms with Crippen LogP contribution in [0.4, 0.5) is 13.2 Å². The largest absolute Gasteiger partial charge is 0.512 e. The van der Waals surface area contributed by atoms with Gasteiger partial charge in [-0.3, -0.25) is 0 Å². The summed E-state index contributed by atoms with van der Waals surface area (Å²) in [6, 6.07) is 5.04. The Bertz CT molecular complexity index is 709. The van der Waals surface area contributed by atoms with Gasteiger partial charge in [-0.15, -0.1) is 0 Å². The molecule has 1 aromatic rings. The summed E-state index contributed by atoms with van der Waals surface area (Å²) in [5.41, 5.74) is -0.250. The quantitative estimate of drug-likeness (QED) is 0.801. The molecule has 3 fully saturated rings. The van der Waals surface area contributed by atoms with Gasteiger partial charge in [0.15, 0.2) is 5.79 Å². The molecule has 26 heavy (non-hydrogen) atoms. The number of aliphatic hydroxyl groups excluding tert-OH is 2. The van der Waals surface area contributed by atoms with Crippen LogP contribution in [0.2, 0.25) is 0 Å². The van der Waals surface area contributed by atoms with Gasteiger partial charge in [-0.2, -0.15) is 13.2 Å². The highest BCUT2D eigenvalue weighted by molar-refractivity contribution is 5.28. The molecule has 2 aliphatic carbocycles. The van der Waals surface area contributed by atoms with Crippen LogP contribution in [-0.2, 0) is 22.1 Å². The topological polar surface area (TPSA) is 58.9 Å². The Balaban J connectivity index is 1.44. The number of allylic oxidation sites excluding steroid dienone is 1. The van der Waals surface area contributed by atoms with Gasteiger partial charge in [0.2, 0.25) is 0 Å². The molecule has 0 aromatic heterocycles. The zero-order valence-corrected chi connectivity index (χ0v) is 14.1. The summed E-state index contributed by atoms with van der Waals surface area (Å²) in [5, 5.41) is 20.9. The SMILES string of the molecule is OC(=CCc1cccc(C(F)(F)F)c1)[C@@H]1C[C@H]2[C@@H](CC23OCCO3)C1O. The van der Waals surface area contributed by atoms with Crippen LogP contribution in [0.15, 0.2) is 36.1 Å². The van der Waals surface area contributed by atoms with E-state index in [4.69, 9.17) is 9.47 Å². The van der Waals surface area contributed by atoms with E-state index in [9.17, 15) is 23.4 Å². The normalized spacial score (nSPS) is 33.3. The third-order valence-electron chi connectivity index (χ3n) is 5.92. The average molecular weight is 370 g/mol. The van der Waals surface area contributed by atoms with Gasteiger partial charge < -0.3 is 19.7 Å². The number of hydrogen-bond acceptors (Lipinski definition) is 4. The number of rotatable bonds is 3. The fourth-order valence-corrected chi connectivity index (χ4v) is 4.56. The summed E-state index contributed by atoms with van der Waals surface area (Å²) >= 11 is 0. The van der Waals surface area contributed by atoms with E-state index in [1.54, 1.807) is 6.07 Å². The molecule has 4 nitrogen and oxygen atoms in total. The first kappa shape index (κ1) is 17.8. The van der Waals surface area contributed by atoms with Gasteiger partial charge in [-0.1, -0.05) is 18.2 Å². The fourth-order valence-electron chi connectivity index (χ4n) is 4.56. The minimum absolute atomic E-state index is 0.0254. The molecule has 1 spiro atoms. The number of halogens is 3. The summed E-state index contributed by atoms with van der Waals surface area (Å²) in [6.45, 7) is 1.09. The Morgan fingerprint density at radius 2 is 2.00 bits per heavy atom. The third-order valence-corrected chi connectivity index (χ3v) is 5.92. The van der Waals surface area contributed by atoms with Crippen LogP contribution in [0.1, 0.15) is 24.0 Å². The van der Waals surface area contributed by atoms with Crippen LogP contribution >= 0.6 is 0 Å². The highest BCUT2D eigenvalue weighted by atomic mass is 19.4. The summed E-state index contributed by atoms with van der Waals surface area (Å²) in [6.07, 6.45) is -2.23. The van der Waals surface area contributed by atoms with Gasteiger partial charge in [0.25, 0.3) is 0 Å². The molecular weight excluding hydrogens is 349 g/mol. The van der Waals surface area contributed by atoms with E-state index in [-0.39, 0.29) is 24.0 Å². The van der Waals surface area contributed by atoms with Crippen LogP contribution in [0.3, 0.4) is 0 Å². The van der Waals surface area contributed by atoms with Crippen molar-refractivity contribution in [3.05, 3.63) is 47.2 Å². The van der Waals surface area contributed by atoms with Crippen molar-refractivity contribution in [2.24, 2.45) is 17.8 Å². The molecule has 4 rings (SSSR count). The number of benzene rings is 1. The number of aliphatic hydroxyl groups is 2. The molecule has 1 saturated heterocycles. The zero-order valence-electron chi connectivity index (χ0n) is 14.1. The summed E-state index contributed by atoms with van der Waals surface area (Å²) in [4.78, 5) is 0. The predicted molar refractivity (Wildman–Crippen MR) is 86.2 cm³/mol. The monoisotopic (exact) mass is 370 g/mol. The fraction of sp³-hybridized carbons (Fsp3) is 0.579. The van der Waals surface area contributed by atoms with E-state index in [2.05, 4.69) is 0 Å². The molecule has 2 N–H and O–H groups in total. The first-order valence-electron chi connectivity index (χ1n) is 8.81. The molecule has 4 atom stereocenters. The number of alkyl halides is 3. The maximum Gasteiger partial charge on any atom is 0.416 e. The van der Waals surface area contributed by atoms with Gasteiger partial charge in [0.1, 0.15) is 0 Å². The molecular formula is C19H21F3O4. The smallest absolute Gasteiger partial charge is 0.416 e. The van der Waals surface area contributed by atoms with Crippen LogP contribution in [0.25, 0.3) is 0 Å². The molecule has 0 bridgehead atoms. The zero-order chi connectivity index (χ0) is 18.5. The Hall–Kier alpha value is -1.57. The first-order valence-corrected chi connectivity index (χ1v) is 8.81. The summed E-state index contributed by atoms with van der Waals surface area (Å²) in [7, 11) is 0. The van der Waals surface area contributed by atoms with E-state index in [0.717, 1.165) is 12.1 Å². The first-order chi connectivity index (χ1) is 12.3. The van der Waals surface area contributed by atoms with Crippen molar-refractivity contribution >= 4 is 0 Å². The number of hydrogen-bond donors (Lipinski definition) is 2. The Kier molecular flexibility index (Phi) is 4.28. The van der Waals surface area contributed by atoms with Crippen molar-refractivity contribution < 1.29 is 32.9 Å². The van der Waals surface area contributed by atoms with Crippen molar-refractivity contribution in [1.82, 2.24) is 0 Å². The van der Waals surface area contributed by atoms with Gasteiger partial charge in [0, 0.05) is 18.3 Å². The molecule has 1 aromatic carbocycles. The summed E-state index contributed by atoms with van der Waals surface area (Å²) < 4.78 is 49.7. The molecule has 0 amide bonds. The van der Waals surface area contributed by atoms with E-state index < -0.39 is 29.5 Å². The standard InChI is InChI=1S/C19H21F3O4/c20-19(21,22)12-3-1-2-11(8-12)4-5-16(23)13-9-15-14(17(13)24)10-18(15)25-6-7-26-18/h1-3,5,8,13-15,17,23-24H,4,6-7,9-10H2/t13-,14+,15-,17?/m0/s1. The molecule has 3 aliphatic rings. The average Bonchev–Trinajstić information content (AvgIpc) is 3.18. The maximum absolute atomic E-state index is 12.8. The molecule has 7 heteroatoms.